The second kappa shape index (κ2) is 5.72. The van der Waals surface area contributed by atoms with Crippen molar-refractivity contribution >= 4 is 22.5 Å². The van der Waals surface area contributed by atoms with Crippen LogP contribution < -0.4 is 0 Å². The quantitative estimate of drug-likeness (QED) is 0.620. The number of nitrogens with one attached hydrogen (secondary N) is 1. The van der Waals surface area contributed by atoms with Gasteiger partial charge in [0, 0.05) is 10.4 Å². The smallest absolute Gasteiger partial charge is 0.182 e. The number of halogens is 1. The number of aromatic nitrogens is 6. The van der Waals surface area contributed by atoms with Crippen LogP contribution in [0, 0.1) is 13.8 Å². The molecular weight excluding hydrogens is 324 g/mol. The van der Waals surface area contributed by atoms with Crippen LogP contribution in [0.1, 0.15) is 17.1 Å². The average Bonchev–Trinajstić information content (AvgIpc) is 3.13. The van der Waals surface area contributed by atoms with Crippen molar-refractivity contribution in [3.63, 3.8) is 0 Å². The van der Waals surface area contributed by atoms with Crippen molar-refractivity contribution in [1.29, 1.82) is 0 Å². The molecule has 3 heterocycles. The molecule has 0 spiro atoms. The topological polar surface area (TPSA) is 72.3 Å². The molecule has 0 aliphatic heterocycles. The Balaban J connectivity index is 1.77. The molecular formula is C17H15ClN6. The van der Waals surface area contributed by atoms with E-state index in [1.807, 2.05) is 48.7 Å². The Hall–Kier alpha value is -2.73. The lowest BCUT2D eigenvalue weighted by Crippen LogP contribution is -2.05. The first-order chi connectivity index (χ1) is 11.6. The number of hydrogen-bond donors (Lipinski definition) is 1. The summed E-state index contributed by atoms with van der Waals surface area (Å²) in [4.78, 5) is 4.50. The zero-order valence-electron chi connectivity index (χ0n) is 13.3. The van der Waals surface area contributed by atoms with Crippen molar-refractivity contribution in [2.45, 2.75) is 20.4 Å². The Kier molecular flexibility index (Phi) is 3.54. The summed E-state index contributed by atoms with van der Waals surface area (Å²) in [7, 11) is 0. The Bertz CT molecular complexity index is 1020. The number of aryl methyl sites for hydroxylation is 2. The predicted molar refractivity (Wildman–Crippen MR) is 92.9 cm³/mol. The van der Waals surface area contributed by atoms with Gasteiger partial charge in [-0.3, -0.25) is 10.1 Å². The monoisotopic (exact) mass is 338 g/mol. The first kappa shape index (κ1) is 14.8. The normalized spacial score (nSPS) is 11.3. The average molecular weight is 339 g/mol. The van der Waals surface area contributed by atoms with E-state index >= 15 is 0 Å². The number of pyridine rings is 1. The number of H-pyrrole nitrogens is 1. The van der Waals surface area contributed by atoms with E-state index < -0.39 is 0 Å². The Morgan fingerprint density at radius 2 is 1.92 bits per heavy atom. The number of nitrogens with zero attached hydrogens (tertiary/aromatic N) is 5. The van der Waals surface area contributed by atoms with Crippen LogP contribution >= 0.6 is 11.6 Å². The number of rotatable bonds is 3. The molecule has 0 aliphatic carbocycles. The fourth-order valence-electron chi connectivity index (χ4n) is 2.70. The lowest BCUT2D eigenvalue weighted by Gasteiger charge is -2.09. The zero-order chi connectivity index (χ0) is 16.7. The van der Waals surface area contributed by atoms with Gasteiger partial charge in [-0.15, -0.1) is 10.2 Å². The van der Waals surface area contributed by atoms with Crippen LogP contribution in [0.3, 0.4) is 0 Å². The summed E-state index contributed by atoms with van der Waals surface area (Å²) in [6, 6.07) is 9.77. The van der Waals surface area contributed by atoms with Crippen LogP contribution in [0.15, 0.2) is 36.5 Å². The lowest BCUT2D eigenvalue weighted by atomic mass is 10.2. The minimum absolute atomic E-state index is 0.662. The summed E-state index contributed by atoms with van der Waals surface area (Å²) in [5, 5.41) is 17.5. The molecule has 24 heavy (non-hydrogen) atoms. The van der Waals surface area contributed by atoms with E-state index in [1.165, 1.54) is 0 Å². The van der Waals surface area contributed by atoms with Crippen LogP contribution in [0.2, 0.25) is 5.02 Å². The molecule has 4 aromatic rings. The molecule has 0 unspecified atom stereocenters. The molecule has 0 amide bonds. The molecule has 1 N–H and O–H groups in total. The highest BCUT2D eigenvalue weighted by atomic mass is 35.5. The highest BCUT2D eigenvalue weighted by Gasteiger charge is 2.14. The van der Waals surface area contributed by atoms with E-state index in [2.05, 4.69) is 25.4 Å². The molecule has 6 nitrogen and oxygen atoms in total. The maximum Gasteiger partial charge on any atom is 0.182 e. The Morgan fingerprint density at radius 3 is 2.71 bits per heavy atom. The van der Waals surface area contributed by atoms with E-state index in [0.717, 1.165) is 44.5 Å². The van der Waals surface area contributed by atoms with Crippen molar-refractivity contribution in [2.75, 3.05) is 0 Å². The molecule has 4 rings (SSSR count). The molecule has 3 aromatic heterocycles. The summed E-state index contributed by atoms with van der Waals surface area (Å²) in [5.41, 5.74) is 3.76. The van der Waals surface area contributed by atoms with Crippen LogP contribution in [-0.4, -0.2) is 29.9 Å². The van der Waals surface area contributed by atoms with Crippen molar-refractivity contribution in [3.8, 4) is 11.5 Å². The van der Waals surface area contributed by atoms with Crippen molar-refractivity contribution in [1.82, 2.24) is 29.9 Å². The molecule has 0 radical (unpaired) electrons. The highest BCUT2D eigenvalue weighted by molar-refractivity contribution is 6.30. The molecule has 7 heteroatoms. The molecule has 0 saturated heterocycles. The SMILES string of the molecule is Cc1n[nH]c2cnc(-c3nnc(C)n3Cc3ccc(Cl)cc3)cc12. The molecule has 0 saturated carbocycles. The summed E-state index contributed by atoms with van der Waals surface area (Å²) >= 11 is 5.96. The second-order valence-corrected chi connectivity index (χ2v) is 6.14. The minimum atomic E-state index is 0.662. The van der Waals surface area contributed by atoms with Gasteiger partial charge in [-0.2, -0.15) is 5.10 Å². The van der Waals surface area contributed by atoms with Gasteiger partial charge in [0.05, 0.1) is 24.0 Å². The molecule has 0 atom stereocenters. The first-order valence-corrected chi connectivity index (χ1v) is 7.95. The number of fused-ring (bicyclic) bond motifs is 1. The van der Waals surface area contributed by atoms with Crippen molar-refractivity contribution in [2.24, 2.45) is 0 Å². The first-order valence-electron chi connectivity index (χ1n) is 7.57. The summed E-state index contributed by atoms with van der Waals surface area (Å²) in [5.74, 6) is 1.58. The Morgan fingerprint density at radius 1 is 1.12 bits per heavy atom. The van der Waals surface area contributed by atoms with E-state index in [1.54, 1.807) is 6.20 Å². The lowest BCUT2D eigenvalue weighted by molar-refractivity contribution is 0.766. The van der Waals surface area contributed by atoms with Crippen LogP contribution in [-0.2, 0) is 6.54 Å². The number of hydrogen-bond acceptors (Lipinski definition) is 4. The highest BCUT2D eigenvalue weighted by Crippen LogP contribution is 2.23. The molecule has 0 fully saturated rings. The van der Waals surface area contributed by atoms with Gasteiger partial charge >= 0.3 is 0 Å². The fourth-order valence-corrected chi connectivity index (χ4v) is 2.83. The van der Waals surface area contributed by atoms with Crippen LogP contribution in [0.5, 0.6) is 0 Å². The zero-order valence-corrected chi connectivity index (χ0v) is 14.0. The summed E-state index contributed by atoms with van der Waals surface area (Å²) < 4.78 is 2.05. The predicted octanol–water partition coefficient (Wildman–Crippen LogP) is 3.53. The van der Waals surface area contributed by atoms with Gasteiger partial charge in [0.1, 0.15) is 11.5 Å². The number of aromatic amines is 1. The molecule has 0 aliphatic rings. The van der Waals surface area contributed by atoms with Gasteiger partial charge in [-0.05, 0) is 37.6 Å². The van der Waals surface area contributed by atoms with Gasteiger partial charge in [0.25, 0.3) is 0 Å². The third-order valence-corrected chi connectivity index (χ3v) is 4.31. The number of benzene rings is 1. The maximum atomic E-state index is 5.96. The maximum absolute atomic E-state index is 5.96. The largest absolute Gasteiger partial charge is 0.305 e. The molecule has 120 valence electrons. The summed E-state index contributed by atoms with van der Waals surface area (Å²) in [6.07, 6.45) is 1.78. The van der Waals surface area contributed by atoms with E-state index in [-0.39, 0.29) is 0 Å². The Labute approximate surface area is 143 Å². The van der Waals surface area contributed by atoms with E-state index in [9.17, 15) is 0 Å². The molecule has 0 bridgehead atoms. The van der Waals surface area contributed by atoms with Crippen molar-refractivity contribution in [3.05, 3.63) is 58.6 Å². The minimum Gasteiger partial charge on any atom is -0.305 e. The van der Waals surface area contributed by atoms with E-state index in [4.69, 9.17) is 11.6 Å². The van der Waals surface area contributed by atoms with Gasteiger partial charge in [-0.1, -0.05) is 23.7 Å². The van der Waals surface area contributed by atoms with Gasteiger partial charge in [0.2, 0.25) is 0 Å². The van der Waals surface area contributed by atoms with Gasteiger partial charge in [-0.25, -0.2) is 0 Å². The third-order valence-electron chi connectivity index (χ3n) is 4.06. The van der Waals surface area contributed by atoms with Crippen LogP contribution in [0.25, 0.3) is 22.4 Å². The summed E-state index contributed by atoms with van der Waals surface area (Å²) in [6.45, 7) is 4.57. The van der Waals surface area contributed by atoms with Crippen molar-refractivity contribution < 1.29 is 0 Å². The van der Waals surface area contributed by atoms with Gasteiger partial charge < -0.3 is 4.57 Å². The standard InChI is InChI=1S/C17H15ClN6/c1-10-14-7-15(19-8-16(14)22-20-10)17-23-21-11(2)24(17)9-12-3-5-13(18)6-4-12/h3-8H,9H2,1-2H3,(H,20,22). The fraction of sp³-hybridized carbons (Fsp3) is 0.176. The van der Waals surface area contributed by atoms with E-state index in [0.29, 0.717) is 6.54 Å². The second-order valence-electron chi connectivity index (χ2n) is 5.71. The van der Waals surface area contributed by atoms with Gasteiger partial charge in [0.15, 0.2) is 5.82 Å². The van der Waals surface area contributed by atoms with Crippen LogP contribution in [0.4, 0.5) is 0 Å². The third kappa shape index (κ3) is 2.55. The molecule has 1 aromatic carbocycles.